The van der Waals surface area contributed by atoms with E-state index in [0.717, 1.165) is 6.20 Å². The molecule has 0 amide bonds. The Bertz CT molecular complexity index is 1770. The van der Waals surface area contributed by atoms with Crippen molar-refractivity contribution in [3.8, 4) is 0 Å². The molecule has 11 nitrogen and oxygen atoms in total. The number of ether oxygens (including phenoxy) is 1. The van der Waals surface area contributed by atoms with Crippen molar-refractivity contribution >= 4 is 17.3 Å². The van der Waals surface area contributed by atoms with Crippen LogP contribution in [0, 0.1) is 6.92 Å². The van der Waals surface area contributed by atoms with Gasteiger partial charge in [0.2, 0.25) is 22.8 Å². The van der Waals surface area contributed by atoms with Crippen LogP contribution in [0.3, 0.4) is 0 Å². The second-order valence-electron chi connectivity index (χ2n) is 9.99. The summed E-state index contributed by atoms with van der Waals surface area (Å²) in [7, 11) is 0. The molecule has 3 aromatic carbocycles. The summed E-state index contributed by atoms with van der Waals surface area (Å²) < 4.78 is 6.46. The number of ketones is 3. The fraction of sp³-hybridized carbons (Fsp3) is 0.194. The topological polar surface area (TPSA) is 176 Å². The molecule has 2 heterocycles. The van der Waals surface area contributed by atoms with Gasteiger partial charge in [-0.25, -0.2) is 4.79 Å². The fourth-order valence-corrected chi connectivity index (χ4v) is 5.15. The van der Waals surface area contributed by atoms with Crippen LogP contribution in [0.5, 0.6) is 0 Å². The Labute approximate surface area is 238 Å². The number of aliphatic hydroxyl groups excluding tert-OH is 1. The Morgan fingerprint density at radius 1 is 0.810 bits per heavy atom. The molecule has 5 rings (SSSR count). The van der Waals surface area contributed by atoms with Crippen LogP contribution in [0.2, 0.25) is 0 Å². The summed E-state index contributed by atoms with van der Waals surface area (Å²) in [4.78, 5) is 69.4. The van der Waals surface area contributed by atoms with Gasteiger partial charge in [0.15, 0.2) is 18.1 Å². The number of aliphatic hydroxyl groups is 3. The molecular weight excluding hydrogens is 544 g/mol. The summed E-state index contributed by atoms with van der Waals surface area (Å²) in [6.07, 6.45) is -5.55. The number of Topliss-reactive ketones (excluding diaryl/α,β-unsaturated/α-hetero) is 3. The first-order valence-corrected chi connectivity index (χ1v) is 12.9. The highest BCUT2D eigenvalue weighted by Crippen LogP contribution is 2.50. The predicted octanol–water partition coefficient (Wildman–Crippen LogP) is 1.27. The van der Waals surface area contributed by atoms with Gasteiger partial charge in [-0.3, -0.25) is 28.7 Å². The largest absolute Gasteiger partial charge is 0.380 e. The van der Waals surface area contributed by atoms with E-state index in [1.165, 1.54) is 67.6 Å². The zero-order chi connectivity index (χ0) is 30.2. The van der Waals surface area contributed by atoms with Crippen molar-refractivity contribution in [1.29, 1.82) is 0 Å². The number of aromatic nitrogens is 2. The van der Waals surface area contributed by atoms with Crippen LogP contribution in [-0.2, 0) is 9.53 Å². The molecule has 1 aromatic heterocycles. The van der Waals surface area contributed by atoms with Crippen molar-refractivity contribution in [2.45, 2.75) is 36.6 Å². The molecule has 42 heavy (non-hydrogen) atoms. The zero-order valence-electron chi connectivity index (χ0n) is 22.2. The van der Waals surface area contributed by atoms with Crippen molar-refractivity contribution in [1.82, 2.24) is 9.55 Å². The number of benzene rings is 3. The lowest BCUT2D eigenvalue weighted by Crippen LogP contribution is -2.68. The molecule has 1 aliphatic rings. The molecule has 0 radical (unpaired) electrons. The second kappa shape index (κ2) is 10.9. The van der Waals surface area contributed by atoms with Gasteiger partial charge in [0.05, 0.1) is 0 Å². The third-order valence-corrected chi connectivity index (χ3v) is 7.39. The first-order chi connectivity index (χ1) is 20.0. The number of hydrogen-bond acceptors (Lipinski definition) is 9. The Morgan fingerprint density at radius 3 is 1.81 bits per heavy atom. The van der Waals surface area contributed by atoms with Gasteiger partial charge in [0.25, 0.3) is 5.56 Å². The number of H-pyrrole nitrogens is 1. The quantitative estimate of drug-likeness (QED) is 0.227. The molecular formula is C31H26N2O9. The van der Waals surface area contributed by atoms with Gasteiger partial charge in [0, 0.05) is 22.9 Å². The Morgan fingerprint density at radius 2 is 1.29 bits per heavy atom. The number of carbonyl (C=O) groups is 3. The molecule has 0 spiro atoms. The molecule has 0 aliphatic carbocycles. The Hall–Kier alpha value is -4.81. The van der Waals surface area contributed by atoms with E-state index >= 15 is 0 Å². The molecule has 4 N–H and O–H groups in total. The Balaban J connectivity index is 1.80. The standard InChI is InChI=1S/C31H26N2O9/c1-18-17-33(29(39)32-27(18)38)28-31(41,25(37)21-15-9-4-10-16-21)30(40,24(36)20-13-7-3-8-14-20)26(42-28)23(35)22(34)19-11-5-2-6-12-19/h2-17,22,26,28,34,40-41H,1H3,(H,32,38,39)/t22?,26-,28-,30+,31+/m1/s1. The summed E-state index contributed by atoms with van der Waals surface area (Å²) in [5.74, 6) is -3.78. The zero-order valence-corrected chi connectivity index (χ0v) is 22.2. The van der Waals surface area contributed by atoms with Crippen LogP contribution in [0.15, 0.2) is 107 Å². The summed E-state index contributed by atoms with van der Waals surface area (Å²) in [6.45, 7) is 1.34. The van der Waals surface area contributed by atoms with E-state index in [1.807, 2.05) is 4.98 Å². The van der Waals surface area contributed by atoms with Crippen molar-refractivity contribution in [3.63, 3.8) is 0 Å². The molecule has 0 bridgehead atoms. The van der Waals surface area contributed by atoms with Crippen molar-refractivity contribution < 1.29 is 34.4 Å². The van der Waals surface area contributed by atoms with Gasteiger partial charge < -0.3 is 20.1 Å². The molecule has 11 heteroatoms. The summed E-state index contributed by atoms with van der Waals surface area (Å²) in [5, 5.41) is 35.8. The number of carbonyl (C=O) groups excluding carboxylic acids is 3. The summed E-state index contributed by atoms with van der Waals surface area (Å²) >= 11 is 0. The first-order valence-electron chi connectivity index (χ1n) is 12.9. The van der Waals surface area contributed by atoms with E-state index in [4.69, 9.17) is 4.74 Å². The van der Waals surface area contributed by atoms with Gasteiger partial charge in [-0.15, -0.1) is 0 Å². The minimum atomic E-state index is -3.37. The van der Waals surface area contributed by atoms with E-state index in [-0.39, 0.29) is 22.3 Å². The highest BCUT2D eigenvalue weighted by molar-refractivity contribution is 6.15. The van der Waals surface area contributed by atoms with E-state index in [0.29, 0.717) is 4.57 Å². The smallest absolute Gasteiger partial charge is 0.330 e. The fourth-order valence-electron chi connectivity index (χ4n) is 5.15. The normalized spacial score (nSPS) is 24.2. The molecule has 1 saturated heterocycles. The lowest BCUT2D eigenvalue weighted by molar-refractivity contribution is -0.148. The van der Waals surface area contributed by atoms with E-state index < -0.39 is 58.2 Å². The monoisotopic (exact) mass is 570 g/mol. The number of hydrogen-bond donors (Lipinski definition) is 4. The van der Waals surface area contributed by atoms with Crippen LogP contribution >= 0.6 is 0 Å². The molecule has 1 unspecified atom stereocenters. The molecule has 4 aromatic rings. The average molecular weight is 571 g/mol. The molecule has 1 fully saturated rings. The lowest BCUT2D eigenvalue weighted by atomic mass is 9.69. The van der Waals surface area contributed by atoms with Crippen molar-refractivity contribution in [3.05, 3.63) is 140 Å². The Kier molecular flexibility index (Phi) is 7.43. The SMILES string of the molecule is Cc1cn([C@@H]2O[C@H](C(=O)C(O)c3ccccc3)[C@@](O)(C(=O)c3ccccc3)[C@]2(O)C(=O)c2ccccc2)c(=O)[nH]c1=O. The van der Waals surface area contributed by atoms with Gasteiger partial charge in [-0.1, -0.05) is 91.0 Å². The maximum atomic E-state index is 14.2. The maximum Gasteiger partial charge on any atom is 0.330 e. The highest BCUT2D eigenvalue weighted by Gasteiger charge is 2.76. The van der Waals surface area contributed by atoms with Gasteiger partial charge in [-0.05, 0) is 12.5 Å². The number of rotatable bonds is 8. The third-order valence-electron chi connectivity index (χ3n) is 7.39. The first kappa shape index (κ1) is 28.7. The van der Waals surface area contributed by atoms with Crippen LogP contribution in [0.4, 0.5) is 0 Å². The van der Waals surface area contributed by atoms with E-state index in [2.05, 4.69) is 0 Å². The number of aromatic amines is 1. The van der Waals surface area contributed by atoms with Crippen LogP contribution < -0.4 is 11.2 Å². The average Bonchev–Trinajstić information content (AvgIpc) is 3.26. The minimum Gasteiger partial charge on any atom is -0.380 e. The van der Waals surface area contributed by atoms with E-state index in [1.54, 1.807) is 30.3 Å². The van der Waals surface area contributed by atoms with Crippen molar-refractivity contribution in [2.75, 3.05) is 0 Å². The number of aryl methyl sites for hydroxylation is 1. The van der Waals surface area contributed by atoms with E-state index in [9.17, 15) is 39.3 Å². The van der Waals surface area contributed by atoms with Gasteiger partial charge >= 0.3 is 5.69 Å². The maximum absolute atomic E-state index is 14.2. The predicted molar refractivity (Wildman–Crippen MR) is 148 cm³/mol. The molecule has 1 aliphatic heterocycles. The van der Waals surface area contributed by atoms with Crippen LogP contribution in [0.1, 0.15) is 44.2 Å². The van der Waals surface area contributed by atoms with Crippen LogP contribution in [-0.4, -0.2) is 59.5 Å². The van der Waals surface area contributed by atoms with Crippen LogP contribution in [0.25, 0.3) is 0 Å². The van der Waals surface area contributed by atoms with Gasteiger partial charge in [-0.2, -0.15) is 0 Å². The molecule has 5 atom stereocenters. The minimum absolute atomic E-state index is 0.0373. The lowest BCUT2D eigenvalue weighted by Gasteiger charge is -2.38. The highest BCUT2D eigenvalue weighted by atomic mass is 16.6. The van der Waals surface area contributed by atoms with Gasteiger partial charge in [0.1, 0.15) is 6.10 Å². The second-order valence-corrected chi connectivity index (χ2v) is 9.99. The summed E-state index contributed by atoms with van der Waals surface area (Å²) in [6, 6.07) is 21.8. The number of nitrogens with one attached hydrogen (secondary N) is 1. The third kappa shape index (κ3) is 4.45. The molecule has 0 saturated carbocycles. The number of nitrogens with zero attached hydrogens (tertiary/aromatic N) is 1. The summed E-state index contributed by atoms with van der Waals surface area (Å²) in [5.41, 5.74) is -8.95. The van der Waals surface area contributed by atoms with Crippen molar-refractivity contribution in [2.24, 2.45) is 0 Å². The molecule has 214 valence electrons.